The van der Waals surface area contributed by atoms with Crippen LogP contribution in [0.5, 0.6) is 0 Å². The van der Waals surface area contributed by atoms with Crippen molar-refractivity contribution in [1.29, 1.82) is 0 Å². The van der Waals surface area contributed by atoms with Gasteiger partial charge >= 0.3 is 5.69 Å². The number of nitrogens with one attached hydrogen (secondary N) is 1. The molecule has 1 unspecified atom stereocenters. The Morgan fingerprint density at radius 3 is 2.86 bits per heavy atom. The minimum Gasteiger partial charge on any atom is -0.391 e. The summed E-state index contributed by atoms with van der Waals surface area (Å²) in [4.78, 5) is 19.3. The number of nitrogens with zero attached hydrogens (tertiary/aromatic N) is 2. The van der Waals surface area contributed by atoms with Gasteiger partial charge in [0.15, 0.2) is 5.65 Å². The number of hydrogen-bond donors (Lipinski definition) is 2. The monoisotopic (exact) mass is 297 g/mol. The Morgan fingerprint density at radius 1 is 1.32 bits per heavy atom. The zero-order valence-corrected chi connectivity index (χ0v) is 12.7. The molecule has 0 aliphatic rings. The molecule has 0 radical (unpaired) electrons. The van der Waals surface area contributed by atoms with Gasteiger partial charge in [0.1, 0.15) is 0 Å². The fraction of sp³-hybridized carbons (Fsp3) is 0.294. The highest BCUT2D eigenvalue weighted by atomic mass is 16.3. The van der Waals surface area contributed by atoms with Crippen LogP contribution in [-0.4, -0.2) is 25.7 Å². The average molecular weight is 297 g/mol. The molecule has 22 heavy (non-hydrogen) atoms. The van der Waals surface area contributed by atoms with Crippen LogP contribution >= 0.6 is 0 Å². The molecule has 114 valence electrons. The Labute approximate surface area is 128 Å². The van der Waals surface area contributed by atoms with Crippen molar-refractivity contribution >= 4 is 11.2 Å². The third-order valence-electron chi connectivity index (χ3n) is 3.83. The number of H-pyrrole nitrogens is 1. The van der Waals surface area contributed by atoms with Crippen LogP contribution in [0.1, 0.15) is 18.9 Å². The molecular formula is C17H19N3O2. The van der Waals surface area contributed by atoms with Crippen molar-refractivity contribution in [3.05, 3.63) is 52.6 Å². The van der Waals surface area contributed by atoms with Gasteiger partial charge in [-0.1, -0.05) is 36.8 Å². The van der Waals surface area contributed by atoms with Crippen molar-refractivity contribution in [2.24, 2.45) is 0 Å². The molecule has 3 aromatic rings. The average Bonchev–Trinajstić information content (AvgIpc) is 2.82. The number of aromatic amines is 1. The van der Waals surface area contributed by atoms with Crippen LogP contribution in [0.15, 0.2) is 41.3 Å². The van der Waals surface area contributed by atoms with Crippen molar-refractivity contribution in [2.75, 3.05) is 0 Å². The third-order valence-corrected chi connectivity index (χ3v) is 3.83. The van der Waals surface area contributed by atoms with Crippen LogP contribution < -0.4 is 5.69 Å². The molecule has 0 saturated carbocycles. The molecule has 3 rings (SSSR count). The maximum absolute atomic E-state index is 12.0. The maximum Gasteiger partial charge on any atom is 0.327 e. The minimum absolute atomic E-state index is 0.239. The second-order valence-electron chi connectivity index (χ2n) is 5.57. The van der Waals surface area contributed by atoms with Crippen molar-refractivity contribution in [3.8, 4) is 11.1 Å². The fourth-order valence-electron chi connectivity index (χ4n) is 2.54. The lowest BCUT2D eigenvalue weighted by Crippen LogP contribution is -2.24. The van der Waals surface area contributed by atoms with Gasteiger partial charge in [-0.25, -0.2) is 9.78 Å². The lowest BCUT2D eigenvalue weighted by Gasteiger charge is -2.08. The molecular weight excluding hydrogens is 278 g/mol. The predicted molar refractivity (Wildman–Crippen MR) is 86.8 cm³/mol. The Balaban J connectivity index is 2.07. The summed E-state index contributed by atoms with van der Waals surface area (Å²) in [6.07, 6.45) is 1.81. The lowest BCUT2D eigenvalue weighted by atomic mass is 10.1. The Kier molecular flexibility index (Phi) is 3.81. The van der Waals surface area contributed by atoms with Crippen LogP contribution in [0.4, 0.5) is 0 Å². The van der Waals surface area contributed by atoms with Crippen molar-refractivity contribution < 1.29 is 5.11 Å². The maximum atomic E-state index is 12.0. The second-order valence-corrected chi connectivity index (χ2v) is 5.57. The Hall–Kier alpha value is -2.40. The van der Waals surface area contributed by atoms with Gasteiger partial charge < -0.3 is 10.1 Å². The summed E-state index contributed by atoms with van der Waals surface area (Å²) >= 11 is 0. The van der Waals surface area contributed by atoms with E-state index in [1.54, 1.807) is 6.20 Å². The molecule has 0 saturated heterocycles. The fourth-order valence-corrected chi connectivity index (χ4v) is 2.54. The predicted octanol–water partition coefficient (Wildman–Crippen LogP) is 2.47. The van der Waals surface area contributed by atoms with E-state index in [4.69, 9.17) is 0 Å². The number of aliphatic hydroxyl groups excluding tert-OH is 1. The zero-order valence-electron chi connectivity index (χ0n) is 12.7. The molecule has 0 fully saturated rings. The largest absolute Gasteiger partial charge is 0.391 e. The van der Waals surface area contributed by atoms with Crippen LogP contribution in [-0.2, 0) is 6.54 Å². The number of rotatable bonds is 4. The van der Waals surface area contributed by atoms with Crippen molar-refractivity contribution in [1.82, 2.24) is 14.5 Å². The lowest BCUT2D eigenvalue weighted by molar-refractivity contribution is 0.150. The first kappa shape index (κ1) is 14.5. The highest BCUT2D eigenvalue weighted by Gasteiger charge is 2.12. The highest BCUT2D eigenvalue weighted by Crippen LogP contribution is 2.22. The molecule has 1 aromatic carbocycles. The summed E-state index contributed by atoms with van der Waals surface area (Å²) < 4.78 is 1.49. The first-order valence-electron chi connectivity index (χ1n) is 7.42. The standard InChI is InChI=1S/C17H19N3O2/c1-3-14(21)10-20-16-15(19-17(20)22)8-13(9-18-16)12-6-4-5-11(2)7-12/h4-9,14,21H,3,10H2,1-2H3,(H,19,22). The van der Waals surface area contributed by atoms with Gasteiger partial charge in [0, 0.05) is 11.8 Å². The number of aromatic nitrogens is 3. The number of aliphatic hydroxyl groups is 1. The van der Waals surface area contributed by atoms with E-state index >= 15 is 0 Å². The zero-order chi connectivity index (χ0) is 15.7. The number of pyridine rings is 1. The SMILES string of the molecule is CCC(O)Cn1c(=O)[nH]c2cc(-c3cccc(C)c3)cnc21. The molecule has 2 N–H and O–H groups in total. The van der Waals surface area contributed by atoms with Crippen molar-refractivity contribution in [2.45, 2.75) is 32.9 Å². The van der Waals surface area contributed by atoms with Gasteiger partial charge in [0.25, 0.3) is 0 Å². The Morgan fingerprint density at radius 2 is 2.14 bits per heavy atom. The third kappa shape index (κ3) is 2.67. The van der Waals surface area contributed by atoms with Gasteiger partial charge in [-0.05, 0) is 25.0 Å². The molecule has 1 atom stereocenters. The Bertz CT molecular complexity index is 864. The van der Waals surface area contributed by atoms with Crippen LogP contribution in [0.25, 0.3) is 22.3 Å². The van der Waals surface area contributed by atoms with E-state index in [9.17, 15) is 9.90 Å². The summed E-state index contributed by atoms with van der Waals surface area (Å²) in [6.45, 7) is 4.18. The van der Waals surface area contributed by atoms with Gasteiger partial charge in [-0.2, -0.15) is 0 Å². The van der Waals surface area contributed by atoms with E-state index in [2.05, 4.69) is 16.0 Å². The number of benzene rings is 1. The molecule has 5 nitrogen and oxygen atoms in total. The van der Waals surface area contributed by atoms with Gasteiger partial charge in [0.2, 0.25) is 0 Å². The smallest absolute Gasteiger partial charge is 0.327 e. The molecule has 2 aromatic heterocycles. The number of fused-ring (bicyclic) bond motifs is 1. The first-order valence-corrected chi connectivity index (χ1v) is 7.42. The number of hydrogen-bond acceptors (Lipinski definition) is 3. The van der Waals surface area contributed by atoms with Crippen LogP contribution in [0.3, 0.4) is 0 Å². The number of imidazole rings is 1. The summed E-state index contributed by atoms with van der Waals surface area (Å²) in [5.74, 6) is 0. The molecule has 0 spiro atoms. The summed E-state index contributed by atoms with van der Waals surface area (Å²) in [5.41, 5.74) is 4.23. The number of aryl methyl sites for hydroxylation is 1. The quantitative estimate of drug-likeness (QED) is 0.777. The summed E-state index contributed by atoms with van der Waals surface area (Å²) in [5, 5.41) is 9.78. The van der Waals surface area contributed by atoms with Crippen LogP contribution in [0, 0.1) is 6.92 Å². The van der Waals surface area contributed by atoms with Crippen molar-refractivity contribution in [3.63, 3.8) is 0 Å². The van der Waals surface area contributed by atoms with E-state index in [0.717, 1.165) is 11.1 Å². The molecule has 0 bridgehead atoms. The van der Waals surface area contributed by atoms with Gasteiger partial charge in [-0.3, -0.25) is 4.57 Å². The minimum atomic E-state index is -0.546. The summed E-state index contributed by atoms with van der Waals surface area (Å²) in [6, 6.07) is 10.1. The molecule has 0 aliphatic heterocycles. The van der Waals surface area contributed by atoms with Gasteiger partial charge in [0.05, 0.1) is 18.2 Å². The van der Waals surface area contributed by atoms with E-state index in [1.807, 2.05) is 38.1 Å². The first-order chi connectivity index (χ1) is 10.6. The van der Waals surface area contributed by atoms with E-state index in [0.29, 0.717) is 17.6 Å². The summed E-state index contributed by atoms with van der Waals surface area (Å²) in [7, 11) is 0. The second kappa shape index (κ2) is 5.77. The van der Waals surface area contributed by atoms with Crippen LogP contribution in [0.2, 0.25) is 0 Å². The molecule has 2 heterocycles. The molecule has 5 heteroatoms. The van der Waals surface area contributed by atoms with E-state index < -0.39 is 6.10 Å². The molecule has 0 amide bonds. The van der Waals surface area contributed by atoms with E-state index in [1.165, 1.54) is 10.1 Å². The van der Waals surface area contributed by atoms with Gasteiger partial charge in [-0.15, -0.1) is 0 Å². The molecule has 0 aliphatic carbocycles. The topological polar surface area (TPSA) is 70.9 Å². The van der Waals surface area contributed by atoms with E-state index in [-0.39, 0.29) is 12.2 Å². The highest BCUT2D eigenvalue weighted by molar-refractivity contribution is 5.78. The normalized spacial score (nSPS) is 12.7.